The van der Waals surface area contributed by atoms with Crippen LogP contribution in [0.15, 0.2) is 0 Å². The van der Waals surface area contributed by atoms with Crippen molar-refractivity contribution in [1.29, 1.82) is 0 Å². The van der Waals surface area contributed by atoms with E-state index in [9.17, 15) is 19.2 Å². The highest BCUT2D eigenvalue weighted by atomic mass is 16.4. The van der Waals surface area contributed by atoms with Gasteiger partial charge in [0.25, 0.3) is 0 Å². The van der Waals surface area contributed by atoms with Crippen LogP contribution in [-0.4, -0.2) is 52.2 Å². The van der Waals surface area contributed by atoms with Gasteiger partial charge in [-0.05, 0) is 26.2 Å². The molecule has 9 heteroatoms. The number of carbonyl (C=O) groups excluding carboxylic acids is 2. The maximum absolute atomic E-state index is 11.6. The Kier molecular flexibility index (Phi) is 5.94. The van der Waals surface area contributed by atoms with Crippen LogP contribution in [0.2, 0.25) is 0 Å². The summed E-state index contributed by atoms with van der Waals surface area (Å²) in [5.41, 5.74) is 0. The highest BCUT2D eigenvalue weighted by Crippen LogP contribution is 2.18. The normalized spacial score (nSPS) is 16.4. The fourth-order valence-electron chi connectivity index (χ4n) is 1.54. The standard InChI is InChI=1S/C12H19N3O6/c1-6(10(18)14-7-2-3-7)13-12(21)15-8(11(19)20)4-5-9(16)17/h6-8H,2-5H2,1H3,(H,14,18)(H,16,17)(H,19,20)(H2,13,15,21). The van der Waals surface area contributed by atoms with Crippen molar-refractivity contribution in [2.45, 2.75) is 50.7 Å². The Labute approximate surface area is 121 Å². The first-order chi connectivity index (χ1) is 9.79. The lowest BCUT2D eigenvalue weighted by Gasteiger charge is -2.17. The number of hydrogen-bond donors (Lipinski definition) is 5. The number of rotatable bonds is 8. The average molecular weight is 301 g/mol. The summed E-state index contributed by atoms with van der Waals surface area (Å²) in [7, 11) is 0. The third-order valence-corrected chi connectivity index (χ3v) is 2.91. The van der Waals surface area contributed by atoms with E-state index in [-0.39, 0.29) is 24.8 Å². The summed E-state index contributed by atoms with van der Waals surface area (Å²) in [6.45, 7) is 1.48. The largest absolute Gasteiger partial charge is 0.481 e. The Bertz CT molecular complexity index is 435. The molecule has 3 amide bonds. The first kappa shape index (κ1) is 16.7. The lowest BCUT2D eigenvalue weighted by atomic mass is 10.1. The maximum Gasteiger partial charge on any atom is 0.326 e. The predicted molar refractivity (Wildman–Crippen MR) is 70.6 cm³/mol. The van der Waals surface area contributed by atoms with Crippen molar-refractivity contribution in [1.82, 2.24) is 16.0 Å². The molecule has 5 N–H and O–H groups in total. The van der Waals surface area contributed by atoms with Crippen LogP contribution in [0.4, 0.5) is 4.79 Å². The van der Waals surface area contributed by atoms with Crippen LogP contribution in [0.25, 0.3) is 0 Å². The van der Waals surface area contributed by atoms with Crippen molar-refractivity contribution in [2.24, 2.45) is 0 Å². The van der Waals surface area contributed by atoms with Gasteiger partial charge in [-0.15, -0.1) is 0 Å². The van der Waals surface area contributed by atoms with Crippen molar-refractivity contribution < 1.29 is 29.4 Å². The zero-order chi connectivity index (χ0) is 16.0. The molecule has 0 aromatic heterocycles. The third-order valence-electron chi connectivity index (χ3n) is 2.91. The van der Waals surface area contributed by atoms with Crippen LogP contribution in [0, 0.1) is 0 Å². The predicted octanol–water partition coefficient (Wildman–Crippen LogP) is -0.729. The van der Waals surface area contributed by atoms with Crippen LogP contribution in [0.1, 0.15) is 32.6 Å². The van der Waals surface area contributed by atoms with E-state index >= 15 is 0 Å². The van der Waals surface area contributed by atoms with Gasteiger partial charge in [-0.1, -0.05) is 0 Å². The Balaban J connectivity index is 2.39. The van der Waals surface area contributed by atoms with Gasteiger partial charge in [0.2, 0.25) is 5.91 Å². The lowest BCUT2D eigenvalue weighted by molar-refractivity contribution is -0.140. The number of nitrogens with one attached hydrogen (secondary N) is 3. The van der Waals surface area contributed by atoms with Gasteiger partial charge in [0.15, 0.2) is 0 Å². The molecule has 0 aliphatic heterocycles. The first-order valence-electron chi connectivity index (χ1n) is 6.61. The summed E-state index contributed by atoms with van der Waals surface area (Å²) in [6.07, 6.45) is 1.22. The summed E-state index contributed by atoms with van der Waals surface area (Å²) in [5, 5.41) is 24.5. The number of urea groups is 1. The number of carboxylic acid groups (broad SMARTS) is 2. The summed E-state index contributed by atoms with van der Waals surface area (Å²) < 4.78 is 0. The number of carbonyl (C=O) groups is 4. The third kappa shape index (κ3) is 6.59. The smallest absolute Gasteiger partial charge is 0.326 e. The molecule has 0 heterocycles. The second-order valence-corrected chi connectivity index (χ2v) is 4.95. The molecule has 1 rings (SSSR count). The van der Waals surface area contributed by atoms with Gasteiger partial charge >= 0.3 is 18.0 Å². The molecule has 21 heavy (non-hydrogen) atoms. The Hall–Kier alpha value is -2.32. The fourth-order valence-corrected chi connectivity index (χ4v) is 1.54. The van der Waals surface area contributed by atoms with Crippen LogP contribution in [0.3, 0.4) is 0 Å². The quantitative estimate of drug-likeness (QED) is 0.399. The zero-order valence-electron chi connectivity index (χ0n) is 11.6. The molecule has 1 aliphatic rings. The van der Waals surface area contributed by atoms with Gasteiger partial charge in [-0.3, -0.25) is 9.59 Å². The molecular weight excluding hydrogens is 282 g/mol. The van der Waals surface area contributed by atoms with E-state index in [4.69, 9.17) is 10.2 Å². The molecule has 2 atom stereocenters. The summed E-state index contributed by atoms with van der Waals surface area (Å²) in [6, 6.07) is -2.79. The van der Waals surface area contributed by atoms with Crippen LogP contribution in [-0.2, 0) is 14.4 Å². The monoisotopic (exact) mass is 301 g/mol. The van der Waals surface area contributed by atoms with Crippen molar-refractivity contribution >= 4 is 23.9 Å². The van der Waals surface area contributed by atoms with Gasteiger partial charge in [0, 0.05) is 12.5 Å². The van der Waals surface area contributed by atoms with E-state index in [1.807, 2.05) is 0 Å². The van der Waals surface area contributed by atoms with E-state index in [2.05, 4.69) is 16.0 Å². The average Bonchev–Trinajstić information content (AvgIpc) is 3.17. The van der Waals surface area contributed by atoms with Gasteiger partial charge < -0.3 is 26.2 Å². The molecule has 1 fully saturated rings. The van der Waals surface area contributed by atoms with Crippen LogP contribution in [0.5, 0.6) is 0 Å². The molecule has 9 nitrogen and oxygen atoms in total. The summed E-state index contributed by atoms with van der Waals surface area (Å²) in [5.74, 6) is -2.83. The Morgan fingerprint density at radius 2 is 1.76 bits per heavy atom. The van der Waals surface area contributed by atoms with E-state index < -0.39 is 30.1 Å². The van der Waals surface area contributed by atoms with Gasteiger partial charge in [-0.2, -0.15) is 0 Å². The molecule has 0 spiro atoms. The Morgan fingerprint density at radius 3 is 2.24 bits per heavy atom. The second-order valence-electron chi connectivity index (χ2n) is 4.95. The first-order valence-corrected chi connectivity index (χ1v) is 6.61. The van der Waals surface area contributed by atoms with Crippen LogP contribution < -0.4 is 16.0 Å². The van der Waals surface area contributed by atoms with Crippen molar-refractivity contribution in [2.75, 3.05) is 0 Å². The number of carboxylic acids is 2. The fraction of sp³-hybridized carbons (Fsp3) is 0.667. The van der Waals surface area contributed by atoms with E-state index in [1.165, 1.54) is 6.92 Å². The summed E-state index contributed by atoms with van der Waals surface area (Å²) in [4.78, 5) is 44.5. The highest BCUT2D eigenvalue weighted by molar-refractivity contribution is 5.88. The lowest BCUT2D eigenvalue weighted by Crippen LogP contribution is -2.52. The number of aliphatic carboxylic acids is 2. The molecule has 118 valence electrons. The van der Waals surface area contributed by atoms with Gasteiger partial charge in [0.05, 0.1) is 0 Å². The second kappa shape index (κ2) is 7.46. The highest BCUT2D eigenvalue weighted by Gasteiger charge is 2.27. The van der Waals surface area contributed by atoms with E-state index in [1.54, 1.807) is 0 Å². The molecule has 0 aromatic carbocycles. The minimum atomic E-state index is -1.33. The number of amides is 3. The van der Waals surface area contributed by atoms with Crippen molar-refractivity contribution in [3.8, 4) is 0 Å². The Morgan fingerprint density at radius 1 is 1.14 bits per heavy atom. The van der Waals surface area contributed by atoms with Gasteiger partial charge in [-0.25, -0.2) is 9.59 Å². The molecule has 2 unspecified atom stereocenters. The molecule has 0 radical (unpaired) electrons. The van der Waals surface area contributed by atoms with Crippen molar-refractivity contribution in [3.05, 3.63) is 0 Å². The van der Waals surface area contributed by atoms with E-state index in [0.717, 1.165) is 12.8 Å². The molecule has 0 saturated heterocycles. The maximum atomic E-state index is 11.6. The zero-order valence-corrected chi connectivity index (χ0v) is 11.6. The minimum absolute atomic E-state index is 0.159. The SMILES string of the molecule is CC(NC(=O)NC(CCC(=O)O)C(=O)O)C(=O)NC1CC1. The van der Waals surface area contributed by atoms with Gasteiger partial charge in [0.1, 0.15) is 12.1 Å². The van der Waals surface area contributed by atoms with Crippen molar-refractivity contribution in [3.63, 3.8) is 0 Å². The topological polar surface area (TPSA) is 145 Å². The molecular formula is C12H19N3O6. The number of hydrogen-bond acceptors (Lipinski definition) is 4. The van der Waals surface area contributed by atoms with E-state index in [0.29, 0.717) is 0 Å². The summed E-state index contributed by atoms with van der Waals surface area (Å²) >= 11 is 0. The molecule has 1 saturated carbocycles. The van der Waals surface area contributed by atoms with Crippen LogP contribution >= 0.6 is 0 Å². The molecule has 1 aliphatic carbocycles. The minimum Gasteiger partial charge on any atom is -0.481 e. The molecule has 0 bridgehead atoms. The molecule has 0 aromatic rings.